The lowest BCUT2D eigenvalue weighted by Gasteiger charge is -2.34. The molecule has 0 aliphatic carbocycles. The lowest BCUT2D eigenvalue weighted by atomic mass is 9.79. The Morgan fingerprint density at radius 3 is 1.76 bits per heavy atom. The fraction of sp³-hybridized carbons (Fsp3) is 0.321. The van der Waals surface area contributed by atoms with Gasteiger partial charge in [0, 0.05) is 0 Å². The minimum absolute atomic E-state index is 0.393. The molecule has 1 N–H and O–H groups in total. The molecule has 0 saturated carbocycles. The second-order valence-electron chi connectivity index (χ2n) is 8.32. The fourth-order valence-corrected chi connectivity index (χ4v) is 4.09. The summed E-state index contributed by atoms with van der Waals surface area (Å²) in [5, 5.41) is 3.09. The molecule has 0 fully saturated rings. The first kappa shape index (κ1) is 28.8. The summed E-state index contributed by atoms with van der Waals surface area (Å²) in [7, 11) is 6.37. The molecule has 0 bridgehead atoms. The van der Waals surface area contributed by atoms with Gasteiger partial charge in [0.1, 0.15) is 17.2 Å². The Kier molecular flexibility index (Phi) is 9.60. The van der Waals surface area contributed by atoms with Gasteiger partial charge in [-0.15, -0.1) is 0 Å². The predicted octanol–water partition coefficient (Wildman–Crippen LogP) is 5.19. The van der Waals surface area contributed by atoms with E-state index in [2.05, 4.69) is 10.2 Å². The van der Waals surface area contributed by atoms with E-state index in [0.717, 1.165) is 18.5 Å². The highest BCUT2D eigenvalue weighted by Gasteiger charge is 2.46. The number of benzene rings is 3. The molecule has 3 rings (SSSR count). The third kappa shape index (κ3) is 6.38. The number of carbonyl (C=O) groups excluding carboxylic acids is 1. The number of hydrogen-bond donors (Lipinski definition) is 1. The summed E-state index contributed by atoms with van der Waals surface area (Å²) in [5.41, 5.74) is 0.221. The van der Waals surface area contributed by atoms with Crippen LogP contribution in [0.2, 0.25) is 0 Å². The minimum atomic E-state index is -5.26. The van der Waals surface area contributed by atoms with E-state index in [0.29, 0.717) is 40.4 Å². The highest BCUT2D eigenvalue weighted by molar-refractivity contribution is 5.75. The summed E-state index contributed by atoms with van der Waals surface area (Å²) in [4.78, 5) is 21.9. The normalized spacial score (nSPS) is 11.7. The first-order valence-electron chi connectivity index (χ1n) is 11.8. The maximum absolute atomic E-state index is 13.2. The second-order valence-corrected chi connectivity index (χ2v) is 8.32. The molecular weight excluding hydrogens is 503 g/mol. The van der Waals surface area contributed by atoms with Crippen LogP contribution in [0.25, 0.3) is 0 Å². The summed E-state index contributed by atoms with van der Waals surface area (Å²) in [5.74, 6) is -0.832. The van der Waals surface area contributed by atoms with Crippen LogP contribution in [0, 0.1) is 0 Å². The quantitative estimate of drug-likeness (QED) is 0.149. The van der Waals surface area contributed by atoms with Gasteiger partial charge in [0.2, 0.25) is 0 Å². The topological polar surface area (TPSA) is 75.3 Å². The van der Waals surface area contributed by atoms with Gasteiger partial charge in [-0.1, -0.05) is 30.3 Å². The van der Waals surface area contributed by atoms with Gasteiger partial charge in [-0.2, -0.15) is 18.1 Å². The van der Waals surface area contributed by atoms with Crippen LogP contribution in [0.1, 0.15) is 28.7 Å². The van der Waals surface area contributed by atoms with Crippen molar-refractivity contribution in [3.05, 3.63) is 89.0 Å². The molecule has 0 aliphatic rings. The molecule has 0 radical (unpaired) electrons. The summed E-state index contributed by atoms with van der Waals surface area (Å²) in [6, 6.07) is 18.2. The van der Waals surface area contributed by atoms with Gasteiger partial charge in [0.25, 0.3) is 0 Å². The number of nitrogens with one attached hydrogen (secondary N) is 1. The highest BCUT2D eigenvalue weighted by atomic mass is 19.4. The number of alkyl halides is 3. The molecule has 0 heterocycles. The van der Waals surface area contributed by atoms with Gasteiger partial charge >= 0.3 is 12.1 Å². The van der Waals surface area contributed by atoms with E-state index in [-0.39, 0.29) is 0 Å². The Hall–Kier alpha value is -3.76. The van der Waals surface area contributed by atoms with Gasteiger partial charge in [-0.3, -0.25) is 4.89 Å². The van der Waals surface area contributed by atoms with Gasteiger partial charge < -0.3 is 19.5 Å². The third-order valence-corrected chi connectivity index (χ3v) is 6.03. The monoisotopic (exact) mass is 533 g/mol. The number of methoxy groups -OCH3 is 3. The van der Waals surface area contributed by atoms with Crippen LogP contribution in [-0.4, -0.2) is 47.1 Å². The molecule has 38 heavy (non-hydrogen) atoms. The minimum Gasteiger partial charge on any atom is -0.497 e. The van der Waals surface area contributed by atoms with E-state index in [9.17, 15) is 18.0 Å². The molecule has 0 aromatic heterocycles. The molecular formula is C28H30F3NO6. The molecule has 0 unspecified atom stereocenters. The number of halogens is 3. The number of carbonyl (C=O) groups is 1. The van der Waals surface area contributed by atoms with Crippen molar-refractivity contribution >= 4 is 5.97 Å². The average Bonchev–Trinajstić information content (AvgIpc) is 2.93. The van der Waals surface area contributed by atoms with Crippen LogP contribution in [0.3, 0.4) is 0 Å². The van der Waals surface area contributed by atoms with Gasteiger partial charge in [-0.05, 0) is 85.1 Å². The first-order chi connectivity index (χ1) is 18.2. The van der Waals surface area contributed by atoms with Crippen molar-refractivity contribution in [3.63, 3.8) is 0 Å². The zero-order valence-corrected chi connectivity index (χ0v) is 21.6. The highest BCUT2D eigenvalue weighted by Crippen LogP contribution is 2.43. The van der Waals surface area contributed by atoms with Gasteiger partial charge in [-0.25, -0.2) is 4.79 Å². The maximum atomic E-state index is 13.2. The lowest BCUT2D eigenvalue weighted by molar-refractivity contribution is -0.336. The van der Waals surface area contributed by atoms with Crippen molar-refractivity contribution in [2.24, 2.45) is 0 Å². The summed E-state index contributed by atoms with van der Waals surface area (Å²) >= 11 is 0. The van der Waals surface area contributed by atoms with E-state index in [1.165, 1.54) is 14.2 Å². The Balaban J connectivity index is 2.28. The molecule has 7 nitrogen and oxygen atoms in total. The molecule has 0 spiro atoms. The Bertz CT molecular complexity index is 1150. The van der Waals surface area contributed by atoms with Crippen molar-refractivity contribution in [2.45, 2.75) is 24.6 Å². The summed E-state index contributed by atoms with van der Waals surface area (Å²) < 4.78 is 55.5. The zero-order valence-electron chi connectivity index (χ0n) is 21.6. The van der Waals surface area contributed by atoms with Crippen molar-refractivity contribution in [2.75, 3.05) is 34.9 Å². The number of hydrogen-bond acceptors (Lipinski definition) is 7. The van der Waals surface area contributed by atoms with Crippen molar-refractivity contribution in [1.29, 1.82) is 0 Å². The fourth-order valence-electron chi connectivity index (χ4n) is 4.09. The zero-order chi connectivity index (χ0) is 27.8. The van der Waals surface area contributed by atoms with Crippen LogP contribution >= 0.6 is 0 Å². The Morgan fingerprint density at radius 2 is 1.32 bits per heavy atom. The van der Waals surface area contributed by atoms with Crippen molar-refractivity contribution in [3.8, 4) is 17.2 Å². The van der Waals surface area contributed by atoms with Gasteiger partial charge in [0.05, 0.1) is 21.3 Å². The second kappa shape index (κ2) is 12.7. The van der Waals surface area contributed by atoms with Crippen LogP contribution in [0.15, 0.2) is 66.7 Å². The SMILES string of the molecule is CNCCCc1cc(C(OOC(=O)C(F)(F)F)(c2ccc(OC)cc2)c2ccc(OC)cc2)ccc1OC. The van der Waals surface area contributed by atoms with E-state index in [1.54, 1.807) is 73.8 Å². The van der Waals surface area contributed by atoms with Crippen molar-refractivity contribution < 1.29 is 42.0 Å². The van der Waals surface area contributed by atoms with Crippen LogP contribution in [0.5, 0.6) is 17.2 Å². The summed E-state index contributed by atoms with van der Waals surface area (Å²) in [6.07, 6.45) is -3.87. The summed E-state index contributed by atoms with van der Waals surface area (Å²) in [6.45, 7) is 0.745. The Morgan fingerprint density at radius 1 is 0.789 bits per heavy atom. The molecule has 0 aliphatic heterocycles. The average molecular weight is 534 g/mol. The van der Waals surface area contributed by atoms with Crippen LogP contribution in [-0.2, 0) is 26.6 Å². The van der Waals surface area contributed by atoms with Crippen molar-refractivity contribution in [1.82, 2.24) is 5.32 Å². The molecule has 10 heteroatoms. The lowest BCUT2D eigenvalue weighted by Crippen LogP contribution is -2.36. The smallest absolute Gasteiger partial charge is 0.494 e. The van der Waals surface area contributed by atoms with Crippen LogP contribution < -0.4 is 19.5 Å². The largest absolute Gasteiger partial charge is 0.497 e. The first-order valence-corrected chi connectivity index (χ1v) is 11.8. The van der Waals surface area contributed by atoms with Gasteiger partial charge in [0.15, 0.2) is 5.60 Å². The predicted molar refractivity (Wildman–Crippen MR) is 134 cm³/mol. The van der Waals surface area contributed by atoms with E-state index in [1.807, 2.05) is 7.05 Å². The molecule has 3 aromatic carbocycles. The molecule has 3 aromatic rings. The molecule has 0 saturated heterocycles. The molecule has 204 valence electrons. The van der Waals surface area contributed by atoms with Crippen LogP contribution in [0.4, 0.5) is 13.2 Å². The van der Waals surface area contributed by atoms with E-state index >= 15 is 0 Å². The standard InChI is InChI=1S/C28H30F3NO6/c1-32-17-5-6-19-18-22(11-16-25(19)36-4)27(38-37-26(33)28(29,30)31,20-7-12-23(34-2)13-8-20)21-9-14-24(35-3)15-10-21/h7-16,18,32H,5-6,17H2,1-4H3. The number of aryl methyl sites for hydroxylation is 1. The van der Waals surface area contributed by atoms with E-state index < -0.39 is 17.7 Å². The van der Waals surface area contributed by atoms with E-state index in [4.69, 9.17) is 19.1 Å². The maximum Gasteiger partial charge on any atom is 0.494 e. The molecule has 0 amide bonds. The number of ether oxygens (including phenoxy) is 3. The molecule has 0 atom stereocenters. The third-order valence-electron chi connectivity index (χ3n) is 6.03. The number of rotatable bonds is 12. The Labute approximate surface area is 219 Å².